The summed E-state index contributed by atoms with van der Waals surface area (Å²) >= 11 is 0. The number of ether oxygens (including phenoxy) is 1. The van der Waals surface area contributed by atoms with Crippen molar-refractivity contribution in [3.63, 3.8) is 0 Å². The van der Waals surface area contributed by atoms with E-state index in [2.05, 4.69) is 36.0 Å². The van der Waals surface area contributed by atoms with Crippen molar-refractivity contribution >= 4 is 5.96 Å². The Bertz CT molecular complexity index is 340. The van der Waals surface area contributed by atoms with Crippen molar-refractivity contribution < 1.29 is 4.74 Å². The van der Waals surface area contributed by atoms with Crippen LogP contribution in [-0.4, -0.2) is 50.8 Å². The van der Waals surface area contributed by atoms with E-state index < -0.39 is 0 Å². The highest BCUT2D eigenvalue weighted by Crippen LogP contribution is 2.38. The molecule has 2 rings (SSSR count). The van der Waals surface area contributed by atoms with Crippen LogP contribution >= 0.6 is 0 Å². The predicted molar refractivity (Wildman–Crippen MR) is 84.1 cm³/mol. The van der Waals surface area contributed by atoms with E-state index in [0.717, 1.165) is 38.8 Å². The van der Waals surface area contributed by atoms with E-state index in [1.807, 2.05) is 7.05 Å². The van der Waals surface area contributed by atoms with Crippen LogP contribution in [0.25, 0.3) is 0 Å². The van der Waals surface area contributed by atoms with Gasteiger partial charge in [-0.2, -0.15) is 0 Å². The number of nitrogens with one attached hydrogen (secondary N) is 1. The molecule has 2 saturated heterocycles. The number of nitrogens with zero attached hydrogens (tertiary/aromatic N) is 2. The number of guanidine groups is 1. The van der Waals surface area contributed by atoms with Gasteiger partial charge in [-0.15, -0.1) is 0 Å². The number of aliphatic imine (C=N–C) groups is 1. The van der Waals surface area contributed by atoms with Gasteiger partial charge in [-0.3, -0.25) is 4.99 Å². The zero-order valence-corrected chi connectivity index (χ0v) is 13.7. The molecule has 1 unspecified atom stereocenters. The summed E-state index contributed by atoms with van der Waals surface area (Å²) in [6, 6.07) is 0. The topological polar surface area (TPSA) is 36.9 Å². The number of rotatable bonds is 3. The summed E-state index contributed by atoms with van der Waals surface area (Å²) < 4.78 is 5.59. The lowest BCUT2D eigenvalue weighted by molar-refractivity contribution is 0.156. The molecule has 4 nitrogen and oxygen atoms in total. The summed E-state index contributed by atoms with van der Waals surface area (Å²) in [4.78, 5) is 6.86. The van der Waals surface area contributed by atoms with Crippen LogP contribution in [0.5, 0.6) is 0 Å². The molecule has 0 bridgehead atoms. The van der Waals surface area contributed by atoms with Gasteiger partial charge < -0.3 is 15.0 Å². The summed E-state index contributed by atoms with van der Waals surface area (Å²) in [5.74, 6) is 1.07. The van der Waals surface area contributed by atoms with E-state index in [4.69, 9.17) is 4.74 Å². The average molecular weight is 281 g/mol. The molecule has 0 aromatic rings. The van der Waals surface area contributed by atoms with Crippen molar-refractivity contribution in [1.82, 2.24) is 10.2 Å². The van der Waals surface area contributed by atoms with Gasteiger partial charge >= 0.3 is 0 Å². The third-order valence-corrected chi connectivity index (χ3v) is 4.52. The van der Waals surface area contributed by atoms with Crippen molar-refractivity contribution in [1.29, 1.82) is 0 Å². The van der Waals surface area contributed by atoms with E-state index >= 15 is 0 Å². The third kappa shape index (κ3) is 4.11. The van der Waals surface area contributed by atoms with Crippen molar-refractivity contribution in [3.05, 3.63) is 0 Å². The van der Waals surface area contributed by atoms with Gasteiger partial charge in [-0.1, -0.05) is 20.8 Å². The molecule has 0 aromatic heterocycles. The molecule has 0 radical (unpaired) electrons. The molecule has 2 fully saturated rings. The molecule has 1 N–H and O–H groups in total. The van der Waals surface area contributed by atoms with Crippen molar-refractivity contribution in [2.75, 3.05) is 39.9 Å². The zero-order valence-electron chi connectivity index (χ0n) is 13.7. The van der Waals surface area contributed by atoms with Gasteiger partial charge in [0.05, 0.1) is 6.61 Å². The Labute approximate surface area is 124 Å². The lowest BCUT2D eigenvalue weighted by atomic mass is 9.87. The quantitative estimate of drug-likeness (QED) is 0.490. The lowest BCUT2D eigenvalue weighted by Crippen LogP contribution is -2.41. The van der Waals surface area contributed by atoms with E-state index in [-0.39, 0.29) is 0 Å². The van der Waals surface area contributed by atoms with Gasteiger partial charge in [-0.25, -0.2) is 0 Å². The van der Waals surface area contributed by atoms with E-state index in [0.29, 0.717) is 10.8 Å². The minimum absolute atomic E-state index is 0.406. The fourth-order valence-electron chi connectivity index (χ4n) is 3.24. The van der Waals surface area contributed by atoms with Crippen molar-refractivity contribution in [3.8, 4) is 0 Å². The molecule has 0 aromatic carbocycles. The van der Waals surface area contributed by atoms with Gasteiger partial charge in [-0.05, 0) is 31.1 Å². The maximum Gasteiger partial charge on any atom is 0.193 e. The van der Waals surface area contributed by atoms with Crippen LogP contribution in [0.1, 0.15) is 46.5 Å². The molecule has 2 aliphatic rings. The van der Waals surface area contributed by atoms with E-state index in [1.54, 1.807) is 0 Å². The lowest BCUT2D eigenvalue weighted by Gasteiger charge is -2.25. The van der Waals surface area contributed by atoms with Crippen LogP contribution < -0.4 is 5.32 Å². The Morgan fingerprint density at radius 2 is 2.15 bits per heavy atom. The van der Waals surface area contributed by atoms with Crippen LogP contribution in [0.4, 0.5) is 0 Å². The van der Waals surface area contributed by atoms with Gasteiger partial charge in [0.2, 0.25) is 0 Å². The second-order valence-corrected chi connectivity index (χ2v) is 7.61. The molecule has 0 saturated carbocycles. The third-order valence-electron chi connectivity index (χ3n) is 4.52. The first-order chi connectivity index (χ1) is 9.44. The van der Waals surface area contributed by atoms with Crippen LogP contribution in [-0.2, 0) is 4.74 Å². The standard InChI is InChI=1S/C16H31N3O/c1-15(2,3)6-5-9-18-14(17-4)19-10-7-16(12-19)8-11-20-13-16/h5-13H2,1-4H3,(H,17,18). The maximum atomic E-state index is 5.59. The van der Waals surface area contributed by atoms with E-state index in [1.165, 1.54) is 25.7 Å². The van der Waals surface area contributed by atoms with Gasteiger partial charge in [0.25, 0.3) is 0 Å². The minimum atomic E-state index is 0.406. The first kappa shape index (κ1) is 15.6. The Hall–Kier alpha value is -0.770. The maximum absolute atomic E-state index is 5.59. The second kappa shape index (κ2) is 6.33. The molecule has 0 aliphatic carbocycles. The molecule has 116 valence electrons. The second-order valence-electron chi connectivity index (χ2n) is 7.61. The fraction of sp³-hybridized carbons (Fsp3) is 0.938. The molecular formula is C16H31N3O. The van der Waals surface area contributed by atoms with Crippen LogP contribution in [0.2, 0.25) is 0 Å². The molecule has 2 aliphatic heterocycles. The molecule has 20 heavy (non-hydrogen) atoms. The molecule has 1 atom stereocenters. The average Bonchev–Trinajstić information content (AvgIpc) is 2.99. The highest BCUT2D eigenvalue weighted by Gasteiger charge is 2.42. The monoisotopic (exact) mass is 281 g/mol. The predicted octanol–water partition coefficient (Wildman–Crippen LogP) is 2.50. The van der Waals surface area contributed by atoms with Crippen LogP contribution in [0.15, 0.2) is 4.99 Å². The summed E-state index contributed by atoms with van der Waals surface area (Å²) in [7, 11) is 1.89. The highest BCUT2D eigenvalue weighted by atomic mass is 16.5. The fourth-order valence-corrected chi connectivity index (χ4v) is 3.24. The van der Waals surface area contributed by atoms with E-state index in [9.17, 15) is 0 Å². The molecule has 0 amide bonds. The molecule has 1 spiro atoms. The van der Waals surface area contributed by atoms with Crippen LogP contribution in [0, 0.1) is 10.8 Å². The normalized spacial score (nSPS) is 27.6. The Balaban J connectivity index is 1.76. The summed E-state index contributed by atoms with van der Waals surface area (Å²) in [5, 5.41) is 3.53. The minimum Gasteiger partial charge on any atom is -0.381 e. The number of hydrogen-bond acceptors (Lipinski definition) is 2. The largest absolute Gasteiger partial charge is 0.381 e. The van der Waals surface area contributed by atoms with Crippen molar-refractivity contribution in [2.45, 2.75) is 46.5 Å². The number of likely N-dealkylation sites (tertiary alicyclic amines) is 1. The molecule has 2 heterocycles. The Kier molecular flexibility index (Phi) is 4.95. The first-order valence-electron chi connectivity index (χ1n) is 7.98. The number of hydrogen-bond donors (Lipinski definition) is 1. The Morgan fingerprint density at radius 1 is 1.35 bits per heavy atom. The summed E-state index contributed by atoms with van der Waals surface area (Å²) in [5.41, 5.74) is 0.827. The van der Waals surface area contributed by atoms with Crippen LogP contribution in [0.3, 0.4) is 0 Å². The molecule has 4 heteroatoms. The Morgan fingerprint density at radius 3 is 2.75 bits per heavy atom. The van der Waals surface area contributed by atoms with Gasteiger partial charge in [0, 0.05) is 38.7 Å². The summed E-state index contributed by atoms with van der Waals surface area (Å²) in [6.45, 7) is 12.0. The zero-order chi connectivity index (χ0) is 14.6. The first-order valence-corrected chi connectivity index (χ1v) is 7.98. The van der Waals surface area contributed by atoms with Crippen molar-refractivity contribution in [2.24, 2.45) is 15.8 Å². The molecular weight excluding hydrogens is 250 g/mol. The SMILES string of the molecule is CN=C(NCCCC(C)(C)C)N1CCC2(CCOC2)C1. The highest BCUT2D eigenvalue weighted by molar-refractivity contribution is 5.80. The smallest absolute Gasteiger partial charge is 0.193 e. The van der Waals surface area contributed by atoms with Gasteiger partial charge in [0.1, 0.15) is 0 Å². The van der Waals surface area contributed by atoms with Gasteiger partial charge in [0.15, 0.2) is 5.96 Å². The summed E-state index contributed by atoms with van der Waals surface area (Å²) in [6.07, 6.45) is 4.90.